The highest BCUT2D eigenvalue weighted by Crippen LogP contribution is 2.02. The molecule has 1 rings (SSSR count). The Morgan fingerprint density at radius 2 is 2.11 bits per heavy atom. The minimum atomic E-state index is -3.60. The quantitative estimate of drug-likeness (QED) is 0.702. The van der Waals surface area contributed by atoms with Crippen LogP contribution < -0.4 is 10.0 Å². The van der Waals surface area contributed by atoms with Crippen molar-refractivity contribution in [3.8, 4) is 0 Å². The third-order valence-electron chi connectivity index (χ3n) is 1.92. The molecule has 102 valence electrons. The molecule has 0 aliphatic carbocycles. The number of aromatic amines is 1. The monoisotopic (exact) mass is 274 g/mol. The first-order chi connectivity index (χ1) is 8.21. The lowest BCUT2D eigenvalue weighted by molar-refractivity contribution is -0.122. The highest BCUT2D eigenvalue weighted by Gasteiger charge is 2.17. The summed E-state index contributed by atoms with van der Waals surface area (Å²) in [6, 6.07) is 0. The van der Waals surface area contributed by atoms with Gasteiger partial charge in [-0.05, 0) is 20.8 Å². The van der Waals surface area contributed by atoms with E-state index in [0.29, 0.717) is 0 Å². The summed E-state index contributed by atoms with van der Waals surface area (Å²) < 4.78 is 25.6. The van der Waals surface area contributed by atoms with E-state index in [1.54, 1.807) is 0 Å². The van der Waals surface area contributed by atoms with E-state index < -0.39 is 10.0 Å². The van der Waals surface area contributed by atoms with Gasteiger partial charge in [-0.25, -0.2) is 18.1 Å². The molecular weight excluding hydrogens is 256 g/mol. The average Bonchev–Trinajstić information content (AvgIpc) is 2.66. The van der Waals surface area contributed by atoms with Crippen molar-refractivity contribution < 1.29 is 13.2 Å². The van der Waals surface area contributed by atoms with Gasteiger partial charge in [0.05, 0.1) is 12.5 Å². The molecule has 0 aromatic carbocycles. The Kier molecular flexibility index (Phi) is 4.47. The molecule has 1 aromatic rings. The lowest BCUT2D eigenvalue weighted by Gasteiger charge is -2.20. The molecule has 0 atom stereocenters. The Bertz CT molecular complexity index is 488. The lowest BCUT2D eigenvalue weighted by Crippen LogP contribution is -2.41. The maximum atomic E-state index is 11.6. The second kappa shape index (κ2) is 5.49. The average molecular weight is 274 g/mol. The highest BCUT2D eigenvalue weighted by molar-refractivity contribution is 7.89. The molecular formula is C10H18N4O3S. The van der Waals surface area contributed by atoms with Crippen molar-refractivity contribution in [1.82, 2.24) is 20.0 Å². The molecule has 0 saturated carbocycles. The van der Waals surface area contributed by atoms with Crippen molar-refractivity contribution in [2.24, 2.45) is 0 Å². The number of sulfonamides is 1. The Morgan fingerprint density at radius 1 is 1.44 bits per heavy atom. The number of rotatable bonds is 5. The van der Waals surface area contributed by atoms with Crippen LogP contribution in [0, 0.1) is 0 Å². The zero-order valence-electron chi connectivity index (χ0n) is 10.6. The molecule has 18 heavy (non-hydrogen) atoms. The molecule has 8 heteroatoms. The van der Waals surface area contributed by atoms with Gasteiger partial charge in [0.25, 0.3) is 10.0 Å². The number of aromatic nitrogens is 2. The molecule has 0 bridgehead atoms. The Morgan fingerprint density at radius 3 is 2.61 bits per heavy atom. The van der Waals surface area contributed by atoms with Gasteiger partial charge in [0.1, 0.15) is 0 Å². The molecule has 0 unspecified atom stereocenters. The standard InChI is InChI=1S/C10H18N4O3S/c1-10(2,3)14-8(15)4-5-13-18(16,17)9-6-11-7-12-9/h6-7,13H,4-5H2,1-3H3,(H,11,12)(H,14,15). The van der Waals surface area contributed by atoms with E-state index in [-0.39, 0.29) is 29.4 Å². The van der Waals surface area contributed by atoms with E-state index in [0.717, 1.165) is 0 Å². The highest BCUT2D eigenvalue weighted by atomic mass is 32.2. The smallest absolute Gasteiger partial charge is 0.257 e. The van der Waals surface area contributed by atoms with Crippen LogP contribution in [0.2, 0.25) is 0 Å². The number of carbonyl (C=O) groups is 1. The first-order valence-corrected chi connectivity index (χ1v) is 6.98. The van der Waals surface area contributed by atoms with Crippen LogP contribution in [0.3, 0.4) is 0 Å². The van der Waals surface area contributed by atoms with Crippen LogP contribution in [-0.2, 0) is 14.8 Å². The second-order valence-electron chi connectivity index (χ2n) is 4.86. The Labute approximate surface area is 106 Å². The fourth-order valence-electron chi connectivity index (χ4n) is 1.25. The van der Waals surface area contributed by atoms with Crippen molar-refractivity contribution >= 4 is 15.9 Å². The van der Waals surface area contributed by atoms with Crippen LogP contribution in [0.15, 0.2) is 17.6 Å². The first-order valence-electron chi connectivity index (χ1n) is 5.50. The van der Waals surface area contributed by atoms with Crippen LogP contribution in [0.5, 0.6) is 0 Å². The number of nitrogens with one attached hydrogen (secondary N) is 3. The largest absolute Gasteiger partial charge is 0.351 e. The number of imidazole rings is 1. The van der Waals surface area contributed by atoms with Gasteiger partial charge < -0.3 is 10.3 Å². The second-order valence-corrected chi connectivity index (χ2v) is 6.60. The normalized spacial score (nSPS) is 12.4. The number of hydrogen-bond donors (Lipinski definition) is 3. The molecule has 0 aliphatic rings. The van der Waals surface area contributed by atoms with Crippen LogP contribution in [-0.4, -0.2) is 36.4 Å². The maximum Gasteiger partial charge on any atom is 0.257 e. The number of H-pyrrole nitrogens is 1. The molecule has 1 amide bonds. The number of nitrogens with zero attached hydrogens (tertiary/aromatic N) is 1. The number of amides is 1. The summed E-state index contributed by atoms with van der Waals surface area (Å²) in [5.41, 5.74) is -0.320. The van der Waals surface area contributed by atoms with Crippen molar-refractivity contribution in [3.63, 3.8) is 0 Å². The van der Waals surface area contributed by atoms with E-state index in [4.69, 9.17) is 0 Å². The van der Waals surface area contributed by atoms with Gasteiger partial charge in [-0.2, -0.15) is 0 Å². The van der Waals surface area contributed by atoms with Crippen molar-refractivity contribution in [1.29, 1.82) is 0 Å². The molecule has 0 fully saturated rings. The van der Waals surface area contributed by atoms with Crippen LogP contribution >= 0.6 is 0 Å². The molecule has 1 heterocycles. The van der Waals surface area contributed by atoms with Gasteiger partial charge in [-0.1, -0.05) is 0 Å². The molecule has 0 aliphatic heterocycles. The zero-order chi connectivity index (χ0) is 13.8. The fraction of sp³-hybridized carbons (Fsp3) is 0.600. The predicted octanol–water partition coefficient (Wildman–Crippen LogP) is -0.00720. The number of carbonyl (C=O) groups excluding carboxylic acids is 1. The summed E-state index contributed by atoms with van der Waals surface area (Å²) in [4.78, 5) is 17.6. The Balaban J connectivity index is 2.41. The van der Waals surface area contributed by atoms with E-state index in [9.17, 15) is 13.2 Å². The number of hydrogen-bond acceptors (Lipinski definition) is 4. The third kappa shape index (κ3) is 4.84. The summed E-state index contributed by atoms with van der Waals surface area (Å²) in [5.74, 6) is -0.199. The van der Waals surface area contributed by atoms with E-state index in [1.165, 1.54) is 12.5 Å². The van der Waals surface area contributed by atoms with Gasteiger partial charge in [-0.3, -0.25) is 4.79 Å². The summed E-state index contributed by atoms with van der Waals surface area (Å²) in [7, 11) is -3.60. The topological polar surface area (TPSA) is 104 Å². The SMILES string of the molecule is CC(C)(C)NC(=O)CCNS(=O)(=O)c1cnc[nH]1. The maximum absolute atomic E-state index is 11.6. The molecule has 0 spiro atoms. The van der Waals surface area contributed by atoms with Crippen LogP contribution in [0.25, 0.3) is 0 Å². The Hall–Kier alpha value is -1.41. The third-order valence-corrected chi connectivity index (χ3v) is 3.31. The van der Waals surface area contributed by atoms with Crippen molar-refractivity contribution in [2.75, 3.05) is 6.54 Å². The molecule has 3 N–H and O–H groups in total. The van der Waals surface area contributed by atoms with Gasteiger partial charge in [0, 0.05) is 18.5 Å². The summed E-state index contributed by atoms with van der Waals surface area (Å²) in [5, 5.41) is 2.73. The summed E-state index contributed by atoms with van der Waals surface area (Å²) in [6.45, 7) is 5.63. The van der Waals surface area contributed by atoms with Gasteiger partial charge in [0.2, 0.25) is 5.91 Å². The fourth-order valence-corrected chi connectivity index (χ4v) is 2.18. The minimum absolute atomic E-state index is 0.0151. The van der Waals surface area contributed by atoms with E-state index >= 15 is 0 Å². The first kappa shape index (κ1) is 14.7. The van der Waals surface area contributed by atoms with E-state index in [1.807, 2.05) is 20.8 Å². The molecule has 7 nitrogen and oxygen atoms in total. The lowest BCUT2D eigenvalue weighted by atomic mass is 10.1. The summed E-state index contributed by atoms with van der Waals surface area (Å²) in [6.07, 6.45) is 2.57. The minimum Gasteiger partial charge on any atom is -0.351 e. The van der Waals surface area contributed by atoms with E-state index in [2.05, 4.69) is 20.0 Å². The molecule has 1 aromatic heterocycles. The van der Waals surface area contributed by atoms with Crippen molar-refractivity contribution in [2.45, 2.75) is 37.8 Å². The molecule has 0 saturated heterocycles. The van der Waals surface area contributed by atoms with Gasteiger partial charge in [0.15, 0.2) is 5.03 Å². The molecule has 0 radical (unpaired) electrons. The van der Waals surface area contributed by atoms with Crippen LogP contribution in [0.1, 0.15) is 27.2 Å². The summed E-state index contributed by atoms with van der Waals surface area (Å²) >= 11 is 0. The predicted molar refractivity (Wildman–Crippen MR) is 66.3 cm³/mol. The zero-order valence-corrected chi connectivity index (χ0v) is 11.5. The van der Waals surface area contributed by atoms with Crippen molar-refractivity contribution in [3.05, 3.63) is 12.5 Å². The van der Waals surface area contributed by atoms with Gasteiger partial charge >= 0.3 is 0 Å². The van der Waals surface area contributed by atoms with Crippen LogP contribution in [0.4, 0.5) is 0 Å². The van der Waals surface area contributed by atoms with Gasteiger partial charge in [-0.15, -0.1) is 0 Å².